The van der Waals surface area contributed by atoms with Gasteiger partial charge in [-0.15, -0.1) is 11.8 Å². The molecule has 1 spiro atoms. The number of thioether (sulfide) groups is 1. The Labute approximate surface area is 182 Å². The third-order valence-corrected chi connectivity index (χ3v) is 7.03. The SMILES string of the molecule is COc1ccc2c(c1)C1(SCCN1C(=O)c1ccco1)C(=O)N2Cc1cccc(F)c1. The molecular formula is C23H19FN2O4S. The van der Waals surface area contributed by atoms with Crippen molar-refractivity contribution >= 4 is 29.3 Å². The third-order valence-electron chi connectivity index (χ3n) is 5.61. The van der Waals surface area contributed by atoms with Crippen molar-refractivity contribution in [2.45, 2.75) is 11.4 Å². The van der Waals surface area contributed by atoms with Crippen LogP contribution in [0.4, 0.5) is 10.1 Å². The van der Waals surface area contributed by atoms with E-state index in [4.69, 9.17) is 9.15 Å². The fourth-order valence-electron chi connectivity index (χ4n) is 4.23. The molecule has 2 aliphatic heterocycles. The van der Waals surface area contributed by atoms with Crippen molar-refractivity contribution in [1.82, 2.24) is 4.90 Å². The van der Waals surface area contributed by atoms with Crippen molar-refractivity contribution in [1.29, 1.82) is 0 Å². The molecule has 1 aromatic heterocycles. The Morgan fingerprint density at radius 1 is 1.23 bits per heavy atom. The quantitative estimate of drug-likeness (QED) is 0.616. The smallest absolute Gasteiger partial charge is 0.291 e. The van der Waals surface area contributed by atoms with Crippen LogP contribution < -0.4 is 9.64 Å². The van der Waals surface area contributed by atoms with Crippen molar-refractivity contribution in [3.05, 3.63) is 83.6 Å². The van der Waals surface area contributed by atoms with Crippen LogP contribution in [-0.4, -0.2) is 36.1 Å². The summed E-state index contributed by atoms with van der Waals surface area (Å²) in [4.78, 5) is 29.1. The summed E-state index contributed by atoms with van der Waals surface area (Å²) < 4.78 is 24.5. The maximum absolute atomic E-state index is 13.9. The first kappa shape index (κ1) is 19.7. The van der Waals surface area contributed by atoms with Gasteiger partial charge in [0, 0.05) is 17.9 Å². The molecule has 8 heteroatoms. The van der Waals surface area contributed by atoms with E-state index in [1.165, 1.54) is 30.2 Å². The highest BCUT2D eigenvalue weighted by Gasteiger charge is 2.60. The zero-order chi connectivity index (χ0) is 21.6. The van der Waals surface area contributed by atoms with Crippen molar-refractivity contribution in [2.75, 3.05) is 24.3 Å². The summed E-state index contributed by atoms with van der Waals surface area (Å²) in [5.41, 5.74) is 2.04. The van der Waals surface area contributed by atoms with E-state index in [1.54, 1.807) is 53.3 Å². The van der Waals surface area contributed by atoms with Crippen LogP contribution in [0.1, 0.15) is 21.7 Å². The Morgan fingerprint density at radius 2 is 2.10 bits per heavy atom. The second-order valence-electron chi connectivity index (χ2n) is 7.33. The van der Waals surface area contributed by atoms with Gasteiger partial charge in [0.2, 0.25) is 0 Å². The highest BCUT2D eigenvalue weighted by atomic mass is 32.2. The minimum Gasteiger partial charge on any atom is -0.497 e. The van der Waals surface area contributed by atoms with E-state index in [-0.39, 0.29) is 29.9 Å². The van der Waals surface area contributed by atoms with Gasteiger partial charge in [-0.3, -0.25) is 9.59 Å². The lowest BCUT2D eigenvalue weighted by atomic mass is 10.0. The summed E-state index contributed by atoms with van der Waals surface area (Å²) >= 11 is 1.42. The van der Waals surface area contributed by atoms with Crippen molar-refractivity contribution in [2.24, 2.45) is 0 Å². The van der Waals surface area contributed by atoms with Crippen LogP contribution in [0, 0.1) is 5.82 Å². The first-order valence-corrected chi connectivity index (χ1v) is 10.8. The number of hydrogen-bond donors (Lipinski definition) is 0. The Kier molecular flexibility index (Phi) is 4.74. The number of rotatable bonds is 4. The summed E-state index contributed by atoms with van der Waals surface area (Å²) in [6, 6.07) is 14.8. The lowest BCUT2D eigenvalue weighted by molar-refractivity contribution is -0.123. The number of carbonyl (C=O) groups is 2. The fraction of sp³-hybridized carbons (Fsp3) is 0.217. The van der Waals surface area contributed by atoms with Gasteiger partial charge >= 0.3 is 0 Å². The first-order valence-electron chi connectivity index (χ1n) is 9.79. The molecule has 0 saturated carbocycles. The zero-order valence-corrected chi connectivity index (χ0v) is 17.5. The van der Waals surface area contributed by atoms with Gasteiger partial charge in [-0.1, -0.05) is 12.1 Å². The lowest BCUT2D eigenvalue weighted by Gasteiger charge is -2.32. The van der Waals surface area contributed by atoms with Gasteiger partial charge in [-0.25, -0.2) is 4.39 Å². The predicted molar refractivity (Wildman–Crippen MR) is 114 cm³/mol. The number of amides is 2. The molecule has 0 bridgehead atoms. The van der Waals surface area contributed by atoms with Gasteiger partial charge in [-0.05, 0) is 48.0 Å². The average molecular weight is 438 g/mol. The standard InChI is InChI=1S/C23H19FN2O4S/c1-29-17-7-8-19-18(13-17)23(22(28)25(19)14-15-4-2-5-16(24)12-15)26(9-11-31-23)21(27)20-6-3-10-30-20/h2-8,10,12-13H,9,11,14H2,1H3. The summed E-state index contributed by atoms with van der Waals surface area (Å²) in [5.74, 6) is 0.438. The topological polar surface area (TPSA) is 63.0 Å². The van der Waals surface area contributed by atoms with Crippen molar-refractivity contribution in [3.63, 3.8) is 0 Å². The largest absolute Gasteiger partial charge is 0.497 e. The molecule has 5 rings (SSSR count). The molecule has 2 aliphatic rings. The summed E-state index contributed by atoms with van der Waals surface area (Å²) in [6.45, 7) is 0.599. The van der Waals surface area contributed by atoms with Gasteiger partial charge < -0.3 is 19.0 Å². The molecule has 2 aromatic carbocycles. The second-order valence-corrected chi connectivity index (χ2v) is 8.62. The van der Waals surface area contributed by atoms with Gasteiger partial charge in [0.1, 0.15) is 11.6 Å². The maximum atomic E-state index is 13.9. The Balaban J connectivity index is 1.62. The number of halogens is 1. The molecule has 158 valence electrons. The highest BCUT2D eigenvalue weighted by molar-refractivity contribution is 8.01. The van der Waals surface area contributed by atoms with Gasteiger partial charge in [0.25, 0.3) is 11.8 Å². The normalized spacial score (nSPS) is 19.9. The molecule has 1 atom stereocenters. The number of benzene rings is 2. The molecule has 6 nitrogen and oxygen atoms in total. The summed E-state index contributed by atoms with van der Waals surface area (Å²) in [6.07, 6.45) is 1.44. The van der Waals surface area contributed by atoms with E-state index in [2.05, 4.69) is 0 Å². The average Bonchev–Trinajstić information content (AvgIpc) is 3.51. The van der Waals surface area contributed by atoms with Gasteiger partial charge in [0.05, 0.1) is 25.6 Å². The van der Waals surface area contributed by atoms with Crippen LogP contribution in [0.3, 0.4) is 0 Å². The van der Waals surface area contributed by atoms with E-state index in [9.17, 15) is 14.0 Å². The maximum Gasteiger partial charge on any atom is 0.291 e. The van der Waals surface area contributed by atoms with Crippen LogP contribution in [0.25, 0.3) is 0 Å². The number of methoxy groups -OCH3 is 1. The third kappa shape index (κ3) is 3.01. The molecule has 3 heterocycles. The van der Waals surface area contributed by atoms with E-state index in [0.29, 0.717) is 34.9 Å². The zero-order valence-electron chi connectivity index (χ0n) is 16.7. The molecule has 3 aromatic rings. The Bertz CT molecular complexity index is 1170. The van der Waals surface area contributed by atoms with E-state index < -0.39 is 4.87 Å². The molecule has 31 heavy (non-hydrogen) atoms. The first-order chi connectivity index (χ1) is 15.0. The molecule has 0 aliphatic carbocycles. The molecule has 2 amide bonds. The molecular weight excluding hydrogens is 419 g/mol. The van der Waals surface area contributed by atoms with E-state index >= 15 is 0 Å². The van der Waals surface area contributed by atoms with Crippen molar-refractivity contribution < 1.29 is 23.1 Å². The van der Waals surface area contributed by atoms with Crippen LogP contribution >= 0.6 is 11.8 Å². The number of hydrogen-bond acceptors (Lipinski definition) is 5. The molecule has 1 saturated heterocycles. The summed E-state index contributed by atoms with van der Waals surface area (Å²) in [5, 5.41) is 0. The Morgan fingerprint density at radius 3 is 2.84 bits per heavy atom. The van der Waals surface area contributed by atoms with Crippen molar-refractivity contribution in [3.8, 4) is 5.75 Å². The lowest BCUT2D eigenvalue weighted by Crippen LogP contribution is -2.50. The molecule has 1 unspecified atom stereocenters. The van der Waals surface area contributed by atoms with Gasteiger partial charge in [0.15, 0.2) is 10.6 Å². The Hall–Kier alpha value is -3.26. The molecule has 1 fully saturated rings. The molecule has 0 N–H and O–H groups in total. The number of ether oxygens (including phenoxy) is 1. The van der Waals surface area contributed by atoms with E-state index in [0.717, 1.165) is 0 Å². The fourth-order valence-corrected chi connectivity index (χ4v) is 5.68. The summed E-state index contributed by atoms with van der Waals surface area (Å²) in [7, 11) is 1.56. The van der Waals surface area contributed by atoms with Gasteiger partial charge in [-0.2, -0.15) is 0 Å². The number of fused-ring (bicyclic) bond motifs is 2. The van der Waals surface area contributed by atoms with Crippen LogP contribution in [-0.2, 0) is 16.2 Å². The monoisotopic (exact) mass is 438 g/mol. The van der Waals surface area contributed by atoms with E-state index in [1.807, 2.05) is 6.07 Å². The number of nitrogens with zero attached hydrogens (tertiary/aromatic N) is 2. The number of furan rings is 1. The highest BCUT2D eigenvalue weighted by Crippen LogP contribution is 2.55. The van der Waals surface area contributed by atoms with Crippen LogP contribution in [0.15, 0.2) is 65.3 Å². The van der Waals surface area contributed by atoms with Crippen LogP contribution in [0.2, 0.25) is 0 Å². The number of anilines is 1. The minimum absolute atomic E-state index is 0.183. The number of carbonyl (C=O) groups excluding carboxylic acids is 2. The predicted octanol–water partition coefficient (Wildman–Crippen LogP) is 4.02. The second kappa shape index (κ2) is 7.46. The minimum atomic E-state index is -1.22. The van der Waals surface area contributed by atoms with Crippen LogP contribution in [0.5, 0.6) is 5.75 Å². The molecule has 0 radical (unpaired) electrons.